The van der Waals surface area contributed by atoms with Crippen molar-refractivity contribution >= 4 is 11.5 Å². The molecule has 0 aliphatic carbocycles. The van der Waals surface area contributed by atoms with Gasteiger partial charge in [-0.15, -0.1) is 5.10 Å². The molecule has 1 N–H and O–H groups in total. The zero-order valence-electron chi connectivity index (χ0n) is 10.3. The van der Waals surface area contributed by atoms with Crippen molar-refractivity contribution in [3.05, 3.63) is 54.4 Å². The molecule has 5 nitrogen and oxygen atoms in total. The third kappa shape index (κ3) is 2.37. The van der Waals surface area contributed by atoms with Crippen molar-refractivity contribution in [2.24, 2.45) is 0 Å². The van der Waals surface area contributed by atoms with Gasteiger partial charge in [-0.25, -0.2) is 13.9 Å². The molecule has 3 heterocycles. The SMILES string of the molecule is CC(Nc1ccc2nccn2n1)c1ccc(F)cn1. The number of imidazole rings is 1. The van der Waals surface area contributed by atoms with Gasteiger partial charge in [-0.2, -0.15) is 0 Å². The van der Waals surface area contributed by atoms with E-state index in [9.17, 15) is 4.39 Å². The maximum absolute atomic E-state index is 12.8. The summed E-state index contributed by atoms with van der Waals surface area (Å²) in [5, 5.41) is 7.57. The second-order valence-corrected chi connectivity index (χ2v) is 4.22. The van der Waals surface area contributed by atoms with Crippen LogP contribution in [0.2, 0.25) is 0 Å². The first-order valence-electron chi connectivity index (χ1n) is 5.91. The fourth-order valence-electron chi connectivity index (χ4n) is 1.83. The van der Waals surface area contributed by atoms with E-state index in [1.807, 2.05) is 19.1 Å². The predicted molar refractivity (Wildman–Crippen MR) is 69.2 cm³/mol. The Balaban J connectivity index is 1.81. The van der Waals surface area contributed by atoms with Gasteiger partial charge in [0, 0.05) is 12.4 Å². The van der Waals surface area contributed by atoms with Gasteiger partial charge in [0.05, 0.1) is 17.9 Å². The summed E-state index contributed by atoms with van der Waals surface area (Å²) < 4.78 is 14.5. The summed E-state index contributed by atoms with van der Waals surface area (Å²) in [6, 6.07) is 6.71. The van der Waals surface area contributed by atoms with E-state index >= 15 is 0 Å². The van der Waals surface area contributed by atoms with E-state index in [0.717, 1.165) is 11.3 Å². The lowest BCUT2D eigenvalue weighted by Crippen LogP contribution is -2.10. The second kappa shape index (κ2) is 4.64. The molecule has 0 aliphatic rings. The number of aromatic nitrogens is 4. The molecule has 0 amide bonds. The van der Waals surface area contributed by atoms with Gasteiger partial charge in [-0.05, 0) is 31.2 Å². The molecule has 0 bridgehead atoms. The van der Waals surface area contributed by atoms with Crippen LogP contribution in [0.1, 0.15) is 18.7 Å². The number of halogens is 1. The van der Waals surface area contributed by atoms with Gasteiger partial charge in [-0.3, -0.25) is 4.98 Å². The minimum absolute atomic E-state index is 0.0610. The fraction of sp³-hybridized carbons (Fsp3) is 0.154. The van der Waals surface area contributed by atoms with Crippen molar-refractivity contribution in [1.29, 1.82) is 0 Å². The van der Waals surface area contributed by atoms with Crippen LogP contribution < -0.4 is 5.32 Å². The highest BCUT2D eigenvalue weighted by Gasteiger charge is 2.08. The number of nitrogens with zero attached hydrogens (tertiary/aromatic N) is 4. The summed E-state index contributed by atoms with van der Waals surface area (Å²) in [5.41, 5.74) is 1.55. The van der Waals surface area contributed by atoms with Crippen LogP contribution in [0.25, 0.3) is 5.65 Å². The third-order valence-electron chi connectivity index (χ3n) is 2.81. The van der Waals surface area contributed by atoms with Crippen molar-refractivity contribution in [3.63, 3.8) is 0 Å². The van der Waals surface area contributed by atoms with Crippen LogP contribution in [-0.4, -0.2) is 19.6 Å². The van der Waals surface area contributed by atoms with E-state index in [-0.39, 0.29) is 11.9 Å². The summed E-state index contributed by atoms with van der Waals surface area (Å²) in [5.74, 6) is 0.373. The van der Waals surface area contributed by atoms with Crippen LogP contribution in [-0.2, 0) is 0 Å². The number of hydrogen-bond acceptors (Lipinski definition) is 4. The van der Waals surface area contributed by atoms with Crippen molar-refractivity contribution in [3.8, 4) is 0 Å². The van der Waals surface area contributed by atoms with Gasteiger partial charge < -0.3 is 5.32 Å². The highest BCUT2D eigenvalue weighted by atomic mass is 19.1. The smallest absolute Gasteiger partial charge is 0.153 e. The van der Waals surface area contributed by atoms with E-state index < -0.39 is 0 Å². The van der Waals surface area contributed by atoms with Crippen LogP contribution in [0.15, 0.2) is 42.9 Å². The van der Waals surface area contributed by atoms with Crippen LogP contribution in [0.5, 0.6) is 0 Å². The summed E-state index contributed by atoms with van der Waals surface area (Å²) in [6.45, 7) is 1.94. The minimum atomic E-state index is -0.339. The summed E-state index contributed by atoms with van der Waals surface area (Å²) in [4.78, 5) is 8.17. The lowest BCUT2D eigenvalue weighted by Gasteiger charge is -2.13. The van der Waals surface area contributed by atoms with Crippen LogP contribution >= 0.6 is 0 Å². The average molecular weight is 257 g/mol. The molecule has 3 aromatic heterocycles. The molecule has 0 saturated heterocycles. The maximum Gasteiger partial charge on any atom is 0.153 e. The average Bonchev–Trinajstić information content (AvgIpc) is 2.87. The highest BCUT2D eigenvalue weighted by Crippen LogP contribution is 2.16. The molecule has 19 heavy (non-hydrogen) atoms. The molecule has 96 valence electrons. The summed E-state index contributed by atoms with van der Waals surface area (Å²) >= 11 is 0. The number of pyridine rings is 1. The van der Waals surface area contributed by atoms with Gasteiger partial charge in [0.25, 0.3) is 0 Å². The Bertz CT molecular complexity index is 692. The second-order valence-electron chi connectivity index (χ2n) is 4.22. The Morgan fingerprint density at radius 2 is 2.11 bits per heavy atom. The van der Waals surface area contributed by atoms with Crippen LogP contribution in [0.3, 0.4) is 0 Å². The Labute approximate surface area is 109 Å². The first-order valence-corrected chi connectivity index (χ1v) is 5.91. The van der Waals surface area contributed by atoms with Gasteiger partial charge in [0.2, 0.25) is 0 Å². The third-order valence-corrected chi connectivity index (χ3v) is 2.81. The minimum Gasteiger partial charge on any atom is -0.361 e. The standard InChI is InChI=1S/C13H12FN5/c1-9(11-3-2-10(14)8-16-11)17-12-4-5-13-15-6-7-19(13)18-12/h2-9H,1H3,(H,17,18). The van der Waals surface area contributed by atoms with E-state index in [2.05, 4.69) is 20.4 Å². The fourth-order valence-corrected chi connectivity index (χ4v) is 1.83. The van der Waals surface area contributed by atoms with Crippen molar-refractivity contribution < 1.29 is 4.39 Å². The quantitative estimate of drug-likeness (QED) is 0.783. The molecule has 0 aromatic carbocycles. The van der Waals surface area contributed by atoms with Gasteiger partial charge in [0.15, 0.2) is 5.65 Å². The molecule has 0 fully saturated rings. The largest absolute Gasteiger partial charge is 0.361 e. The Morgan fingerprint density at radius 3 is 2.89 bits per heavy atom. The van der Waals surface area contributed by atoms with Gasteiger partial charge in [0.1, 0.15) is 11.6 Å². The lowest BCUT2D eigenvalue weighted by molar-refractivity contribution is 0.617. The molecule has 0 aliphatic heterocycles. The predicted octanol–water partition coefficient (Wildman–Crippen LogP) is 2.44. The van der Waals surface area contributed by atoms with E-state index in [0.29, 0.717) is 5.82 Å². The molecular weight excluding hydrogens is 245 g/mol. The molecule has 3 rings (SSSR count). The molecule has 3 aromatic rings. The van der Waals surface area contributed by atoms with Crippen molar-refractivity contribution in [1.82, 2.24) is 19.6 Å². The first-order chi connectivity index (χ1) is 9.22. The molecule has 0 radical (unpaired) electrons. The summed E-state index contributed by atoms with van der Waals surface area (Å²) in [7, 11) is 0. The van der Waals surface area contributed by atoms with Gasteiger partial charge >= 0.3 is 0 Å². The van der Waals surface area contributed by atoms with Crippen LogP contribution in [0.4, 0.5) is 10.2 Å². The number of fused-ring (bicyclic) bond motifs is 1. The molecule has 6 heteroatoms. The van der Waals surface area contributed by atoms with Crippen LogP contribution in [0, 0.1) is 5.82 Å². The number of anilines is 1. The maximum atomic E-state index is 12.8. The van der Waals surface area contributed by atoms with Crippen molar-refractivity contribution in [2.75, 3.05) is 5.32 Å². The lowest BCUT2D eigenvalue weighted by atomic mass is 10.2. The Kier molecular flexibility index (Phi) is 2.83. The zero-order chi connectivity index (χ0) is 13.2. The Hall–Kier alpha value is -2.50. The van der Waals surface area contributed by atoms with Gasteiger partial charge in [-0.1, -0.05) is 0 Å². The number of hydrogen-bond donors (Lipinski definition) is 1. The summed E-state index contributed by atoms with van der Waals surface area (Å²) in [6.07, 6.45) is 4.68. The first kappa shape index (κ1) is 11.6. The zero-order valence-corrected chi connectivity index (χ0v) is 10.3. The number of rotatable bonds is 3. The van der Waals surface area contributed by atoms with E-state index in [1.54, 1.807) is 23.0 Å². The highest BCUT2D eigenvalue weighted by molar-refractivity contribution is 5.44. The Morgan fingerprint density at radius 1 is 1.21 bits per heavy atom. The van der Waals surface area contributed by atoms with Crippen molar-refractivity contribution in [2.45, 2.75) is 13.0 Å². The topological polar surface area (TPSA) is 55.1 Å². The molecular formula is C13H12FN5. The molecule has 0 saturated carbocycles. The number of nitrogens with one attached hydrogen (secondary N) is 1. The van der Waals surface area contributed by atoms with E-state index in [4.69, 9.17) is 0 Å². The molecule has 1 unspecified atom stereocenters. The monoisotopic (exact) mass is 257 g/mol. The molecule has 0 spiro atoms. The normalized spacial score (nSPS) is 12.5. The van der Waals surface area contributed by atoms with E-state index in [1.165, 1.54) is 12.3 Å². The molecule has 1 atom stereocenters.